The molecule has 2 heterocycles. The molecule has 0 bridgehead atoms. The number of nitrogens with zero attached hydrogens (tertiary/aromatic N) is 2. The Morgan fingerprint density at radius 1 is 1.00 bits per heavy atom. The van der Waals surface area contributed by atoms with Gasteiger partial charge in [-0.3, -0.25) is 4.40 Å². The van der Waals surface area contributed by atoms with Gasteiger partial charge in [-0.15, -0.1) is 0 Å². The first kappa shape index (κ1) is 17.3. The van der Waals surface area contributed by atoms with Crippen molar-refractivity contribution in [2.75, 3.05) is 5.32 Å². The number of pyridine rings is 1. The molecule has 3 rings (SSSR count). The molecule has 0 atom stereocenters. The van der Waals surface area contributed by atoms with Crippen LogP contribution in [0.2, 0.25) is 0 Å². The molecule has 3 aromatic rings. The molecule has 0 spiro atoms. The Kier molecular flexibility index (Phi) is 4.23. The van der Waals surface area contributed by atoms with Crippen LogP contribution in [0.25, 0.3) is 16.9 Å². The lowest BCUT2D eigenvalue weighted by atomic mass is 9.82. The summed E-state index contributed by atoms with van der Waals surface area (Å²) in [5.41, 5.74) is 2.44. The average molecular weight is 337 g/mol. The first-order chi connectivity index (χ1) is 11.7. The van der Waals surface area contributed by atoms with Gasteiger partial charge >= 0.3 is 0 Å². The van der Waals surface area contributed by atoms with Gasteiger partial charge in [-0.2, -0.15) is 0 Å². The first-order valence-electron chi connectivity index (χ1n) is 8.70. The van der Waals surface area contributed by atoms with E-state index in [9.17, 15) is 5.11 Å². The highest BCUT2D eigenvalue weighted by molar-refractivity contribution is 5.80. The van der Waals surface area contributed by atoms with Crippen LogP contribution in [0.15, 0.2) is 48.7 Å². The Balaban J connectivity index is 2.13. The van der Waals surface area contributed by atoms with Crippen molar-refractivity contribution in [1.82, 2.24) is 9.38 Å². The van der Waals surface area contributed by atoms with E-state index in [1.807, 2.05) is 47.0 Å². The molecule has 4 heteroatoms. The zero-order valence-corrected chi connectivity index (χ0v) is 15.7. The van der Waals surface area contributed by atoms with Gasteiger partial charge in [0.2, 0.25) is 0 Å². The summed E-state index contributed by atoms with van der Waals surface area (Å²) in [5.74, 6) is 1.15. The van der Waals surface area contributed by atoms with E-state index in [1.54, 1.807) is 6.07 Å². The molecule has 132 valence electrons. The number of benzene rings is 1. The van der Waals surface area contributed by atoms with Crippen molar-refractivity contribution < 1.29 is 5.11 Å². The third-order valence-corrected chi connectivity index (χ3v) is 4.12. The molecule has 0 aliphatic heterocycles. The largest absolute Gasteiger partial charge is 0.507 e. The van der Waals surface area contributed by atoms with Crippen molar-refractivity contribution >= 4 is 11.5 Å². The highest BCUT2D eigenvalue weighted by Gasteiger charge is 2.28. The summed E-state index contributed by atoms with van der Waals surface area (Å²) in [7, 11) is 0. The molecule has 0 aliphatic rings. The van der Waals surface area contributed by atoms with Crippen LogP contribution in [-0.4, -0.2) is 20.0 Å². The molecule has 0 amide bonds. The smallest absolute Gasteiger partial charge is 0.139 e. The van der Waals surface area contributed by atoms with E-state index in [0.29, 0.717) is 0 Å². The van der Waals surface area contributed by atoms with E-state index in [-0.39, 0.29) is 16.7 Å². The summed E-state index contributed by atoms with van der Waals surface area (Å²) in [5, 5.41) is 14.0. The highest BCUT2D eigenvalue weighted by Crippen LogP contribution is 2.37. The van der Waals surface area contributed by atoms with Gasteiger partial charge in [-0.1, -0.05) is 39.0 Å². The minimum absolute atomic E-state index is 0.122. The number of para-hydroxylation sites is 1. The number of anilines is 1. The van der Waals surface area contributed by atoms with Crippen LogP contribution < -0.4 is 5.32 Å². The van der Waals surface area contributed by atoms with E-state index in [2.05, 4.69) is 39.9 Å². The maximum absolute atomic E-state index is 10.3. The normalized spacial score (nSPS) is 12.5. The number of phenols is 1. The van der Waals surface area contributed by atoms with Crippen LogP contribution in [0.3, 0.4) is 0 Å². The van der Waals surface area contributed by atoms with Crippen molar-refractivity contribution in [2.24, 2.45) is 5.41 Å². The highest BCUT2D eigenvalue weighted by atomic mass is 16.3. The number of aromatic hydroxyl groups is 1. The minimum atomic E-state index is -0.122. The molecule has 2 aromatic heterocycles. The number of nitrogens with one attached hydrogen (secondary N) is 1. The second-order valence-electron chi connectivity index (χ2n) is 8.50. The lowest BCUT2D eigenvalue weighted by Gasteiger charge is -2.34. The van der Waals surface area contributed by atoms with Crippen molar-refractivity contribution in [3.05, 3.63) is 48.7 Å². The molecule has 0 saturated heterocycles. The summed E-state index contributed by atoms with van der Waals surface area (Å²) < 4.78 is 2.05. The Bertz CT molecular complexity index is 888. The van der Waals surface area contributed by atoms with E-state index in [0.717, 1.165) is 29.1 Å². The number of imidazole rings is 1. The molecule has 4 nitrogen and oxygen atoms in total. The van der Waals surface area contributed by atoms with Crippen molar-refractivity contribution in [3.8, 4) is 17.0 Å². The second-order valence-corrected chi connectivity index (χ2v) is 8.50. The summed E-state index contributed by atoms with van der Waals surface area (Å²) in [6.45, 7) is 11.1. The molecule has 2 N–H and O–H groups in total. The molecule has 0 radical (unpaired) electrons. The number of rotatable bonds is 4. The van der Waals surface area contributed by atoms with Gasteiger partial charge in [0.1, 0.15) is 22.9 Å². The first-order valence-corrected chi connectivity index (χ1v) is 8.70. The number of hydrogen-bond acceptors (Lipinski definition) is 3. The standard InChI is InChI=1S/C21H27N3O/c1-20(2,3)14-21(4,5)23-19-18(15-10-6-7-11-16(15)25)22-17-12-8-9-13-24(17)19/h6-13,23,25H,14H2,1-5H3. The van der Waals surface area contributed by atoms with Crippen molar-refractivity contribution in [2.45, 2.75) is 46.6 Å². The van der Waals surface area contributed by atoms with Gasteiger partial charge in [0.25, 0.3) is 0 Å². The number of fused-ring (bicyclic) bond motifs is 1. The summed E-state index contributed by atoms with van der Waals surface area (Å²) >= 11 is 0. The van der Waals surface area contributed by atoms with Crippen LogP contribution in [0.1, 0.15) is 41.0 Å². The summed E-state index contributed by atoms with van der Waals surface area (Å²) in [6.07, 6.45) is 3.00. The molecular weight excluding hydrogens is 310 g/mol. The fraction of sp³-hybridized carbons (Fsp3) is 0.381. The topological polar surface area (TPSA) is 49.6 Å². The van der Waals surface area contributed by atoms with Gasteiger partial charge in [0.15, 0.2) is 0 Å². The third-order valence-electron chi connectivity index (χ3n) is 4.12. The van der Waals surface area contributed by atoms with E-state index < -0.39 is 0 Å². The maximum Gasteiger partial charge on any atom is 0.139 e. The molecular formula is C21H27N3O. The predicted octanol–water partition coefficient (Wildman–Crippen LogP) is 5.33. The van der Waals surface area contributed by atoms with Crippen LogP contribution in [-0.2, 0) is 0 Å². The molecule has 1 aromatic carbocycles. The van der Waals surface area contributed by atoms with Crippen LogP contribution >= 0.6 is 0 Å². The Hall–Kier alpha value is -2.49. The molecule has 0 fully saturated rings. The maximum atomic E-state index is 10.3. The van der Waals surface area contributed by atoms with Gasteiger partial charge < -0.3 is 10.4 Å². The molecule has 0 saturated carbocycles. The zero-order valence-electron chi connectivity index (χ0n) is 15.7. The fourth-order valence-electron chi connectivity index (χ4n) is 3.67. The zero-order chi connectivity index (χ0) is 18.2. The monoisotopic (exact) mass is 337 g/mol. The second kappa shape index (κ2) is 6.10. The third kappa shape index (κ3) is 3.78. The number of hydrogen-bond donors (Lipinski definition) is 2. The fourth-order valence-corrected chi connectivity index (χ4v) is 3.67. The Morgan fingerprint density at radius 3 is 2.36 bits per heavy atom. The van der Waals surface area contributed by atoms with Crippen molar-refractivity contribution in [3.63, 3.8) is 0 Å². The molecule has 0 unspecified atom stereocenters. The number of phenolic OH excluding ortho intramolecular Hbond substituents is 1. The molecule has 0 aliphatic carbocycles. The Labute approximate surface area is 149 Å². The SMILES string of the molecule is CC(C)(C)CC(C)(C)Nc1c(-c2ccccc2O)nc2ccccn12. The van der Waals surface area contributed by atoms with E-state index in [1.165, 1.54) is 0 Å². The lowest BCUT2D eigenvalue weighted by molar-refractivity contribution is 0.302. The quantitative estimate of drug-likeness (QED) is 0.676. The molecule has 25 heavy (non-hydrogen) atoms. The average Bonchev–Trinajstić information content (AvgIpc) is 2.83. The number of aromatic nitrogens is 2. The predicted molar refractivity (Wildman–Crippen MR) is 104 cm³/mol. The van der Waals surface area contributed by atoms with Crippen LogP contribution in [0.5, 0.6) is 5.75 Å². The van der Waals surface area contributed by atoms with E-state index in [4.69, 9.17) is 4.98 Å². The van der Waals surface area contributed by atoms with Gasteiger partial charge in [0, 0.05) is 17.3 Å². The Morgan fingerprint density at radius 2 is 1.68 bits per heavy atom. The van der Waals surface area contributed by atoms with Gasteiger partial charge in [-0.05, 0) is 49.9 Å². The van der Waals surface area contributed by atoms with Gasteiger partial charge in [0.05, 0.1) is 0 Å². The summed E-state index contributed by atoms with van der Waals surface area (Å²) in [6, 6.07) is 13.3. The summed E-state index contributed by atoms with van der Waals surface area (Å²) in [4.78, 5) is 4.76. The van der Waals surface area contributed by atoms with Crippen LogP contribution in [0, 0.1) is 5.41 Å². The minimum Gasteiger partial charge on any atom is -0.507 e. The van der Waals surface area contributed by atoms with E-state index >= 15 is 0 Å². The van der Waals surface area contributed by atoms with Gasteiger partial charge in [-0.25, -0.2) is 4.98 Å². The van der Waals surface area contributed by atoms with Crippen molar-refractivity contribution in [1.29, 1.82) is 0 Å². The van der Waals surface area contributed by atoms with Crippen LogP contribution in [0.4, 0.5) is 5.82 Å². The lowest BCUT2D eigenvalue weighted by Crippen LogP contribution is -2.36.